The van der Waals surface area contributed by atoms with Gasteiger partial charge in [0.15, 0.2) is 0 Å². The highest BCUT2D eigenvalue weighted by atomic mass is 16.5. The Morgan fingerprint density at radius 1 is 0.667 bits per heavy atom. The third-order valence-corrected chi connectivity index (χ3v) is 7.78. The maximum absolute atomic E-state index is 12.8. The second-order valence-corrected chi connectivity index (χ2v) is 11.1. The third kappa shape index (κ3) is 9.04. The highest BCUT2D eigenvalue weighted by molar-refractivity contribution is 5.95. The number of carbonyl (C=O) groups excluding carboxylic acids is 2. The number of rotatable bonds is 15. The molecule has 3 aromatic carbocycles. The number of aromatic carboxylic acids is 1. The summed E-state index contributed by atoms with van der Waals surface area (Å²) < 4.78 is 11.3. The van der Waals surface area contributed by atoms with E-state index in [0.29, 0.717) is 22.6 Å². The number of benzene rings is 3. The number of hydrogen-bond donors (Lipinski definition) is 1. The number of ether oxygens (including phenoxy) is 2. The highest BCUT2D eigenvalue weighted by Gasteiger charge is 2.18. The minimum atomic E-state index is -1.03. The Morgan fingerprint density at radius 3 is 1.67 bits per heavy atom. The monoisotopic (exact) mass is 572 g/mol. The summed E-state index contributed by atoms with van der Waals surface area (Å²) in [6, 6.07) is 19.1. The summed E-state index contributed by atoms with van der Waals surface area (Å²) >= 11 is 0. The third-order valence-electron chi connectivity index (χ3n) is 7.78. The number of unbranched alkanes of at least 4 members (excludes halogenated alkanes) is 2. The molecular formula is C36H44O6. The zero-order valence-electron chi connectivity index (χ0n) is 25.5. The summed E-state index contributed by atoms with van der Waals surface area (Å²) in [5, 5.41) is 9.64. The minimum absolute atomic E-state index is 0.146. The Balaban J connectivity index is 1.81. The lowest BCUT2D eigenvalue weighted by Gasteiger charge is -2.19. The number of esters is 2. The van der Waals surface area contributed by atoms with E-state index in [2.05, 4.69) is 20.8 Å². The molecule has 0 aliphatic heterocycles. The van der Waals surface area contributed by atoms with E-state index in [-0.39, 0.29) is 29.7 Å². The zero-order valence-corrected chi connectivity index (χ0v) is 25.5. The van der Waals surface area contributed by atoms with Crippen LogP contribution in [0.2, 0.25) is 0 Å². The van der Waals surface area contributed by atoms with Crippen LogP contribution in [0.25, 0.3) is 22.3 Å². The molecule has 0 spiro atoms. The largest absolute Gasteiger partial charge is 0.478 e. The normalized spacial score (nSPS) is 12.5. The van der Waals surface area contributed by atoms with Gasteiger partial charge in [0.2, 0.25) is 0 Å². The Morgan fingerprint density at radius 2 is 1.17 bits per heavy atom. The molecule has 0 radical (unpaired) electrons. The van der Waals surface area contributed by atoms with Crippen LogP contribution in [0.5, 0.6) is 0 Å². The molecule has 42 heavy (non-hydrogen) atoms. The summed E-state index contributed by atoms with van der Waals surface area (Å²) in [4.78, 5) is 37.2. The quantitative estimate of drug-likeness (QED) is 0.144. The van der Waals surface area contributed by atoms with E-state index in [0.717, 1.165) is 61.6 Å². The first-order chi connectivity index (χ1) is 20.2. The van der Waals surface area contributed by atoms with E-state index in [9.17, 15) is 19.5 Å². The summed E-state index contributed by atoms with van der Waals surface area (Å²) in [5.41, 5.74) is 4.17. The molecule has 6 nitrogen and oxygen atoms in total. The van der Waals surface area contributed by atoms with Crippen LogP contribution in [0.1, 0.15) is 111 Å². The summed E-state index contributed by atoms with van der Waals surface area (Å²) in [6.45, 7) is 10.3. The Bertz CT molecular complexity index is 1320. The Kier molecular flexibility index (Phi) is 12.3. The lowest BCUT2D eigenvalue weighted by atomic mass is 9.92. The number of carboxylic acid groups (broad SMARTS) is 1. The summed E-state index contributed by atoms with van der Waals surface area (Å²) in [7, 11) is 0. The molecule has 0 heterocycles. The number of hydrogen-bond acceptors (Lipinski definition) is 5. The topological polar surface area (TPSA) is 89.9 Å². The van der Waals surface area contributed by atoms with Crippen molar-refractivity contribution in [3.63, 3.8) is 0 Å². The first-order valence-corrected chi connectivity index (χ1v) is 15.2. The van der Waals surface area contributed by atoms with Gasteiger partial charge in [0.05, 0.1) is 28.9 Å². The van der Waals surface area contributed by atoms with Gasteiger partial charge >= 0.3 is 17.9 Å². The fourth-order valence-electron chi connectivity index (χ4n) is 5.12. The van der Waals surface area contributed by atoms with Crippen LogP contribution in [0.4, 0.5) is 0 Å². The fourth-order valence-corrected chi connectivity index (χ4v) is 5.12. The second-order valence-electron chi connectivity index (χ2n) is 11.1. The van der Waals surface area contributed by atoms with E-state index < -0.39 is 5.97 Å². The van der Waals surface area contributed by atoms with Crippen molar-refractivity contribution in [3.05, 3.63) is 83.4 Å². The summed E-state index contributed by atoms with van der Waals surface area (Å²) in [6.07, 6.45) is 6.71. The van der Waals surface area contributed by atoms with Crippen molar-refractivity contribution < 1.29 is 29.0 Å². The van der Waals surface area contributed by atoms with Gasteiger partial charge < -0.3 is 14.6 Å². The van der Waals surface area contributed by atoms with Crippen molar-refractivity contribution in [3.8, 4) is 22.3 Å². The lowest BCUT2D eigenvalue weighted by Crippen LogP contribution is -2.18. The van der Waals surface area contributed by atoms with Gasteiger partial charge in [-0.3, -0.25) is 0 Å². The first kappa shape index (κ1) is 32.6. The van der Waals surface area contributed by atoms with E-state index >= 15 is 0 Å². The van der Waals surface area contributed by atoms with Crippen LogP contribution in [-0.2, 0) is 9.47 Å². The molecule has 0 amide bonds. The SMILES string of the molecule is CCCCC[C@@H](C)OC(=O)c1ccc(-c2ccc(C(=O)O)cc2-c2ccc(C(=O)O[C@H](C)CC(CC)CC)cc2)cc1. The minimum Gasteiger partial charge on any atom is -0.478 e. The van der Waals surface area contributed by atoms with Crippen LogP contribution in [0, 0.1) is 5.92 Å². The maximum atomic E-state index is 12.8. The second kappa shape index (κ2) is 15.9. The van der Waals surface area contributed by atoms with Gasteiger partial charge in [0, 0.05) is 0 Å². The van der Waals surface area contributed by atoms with Gasteiger partial charge in [-0.05, 0) is 97.7 Å². The molecule has 2 atom stereocenters. The number of carbonyl (C=O) groups is 3. The molecule has 0 aliphatic carbocycles. The van der Waals surface area contributed by atoms with Gasteiger partial charge in [0.25, 0.3) is 0 Å². The fraction of sp³-hybridized carbons (Fsp3) is 0.417. The molecular weight excluding hydrogens is 528 g/mol. The first-order valence-electron chi connectivity index (χ1n) is 15.2. The molecule has 0 bridgehead atoms. The molecule has 0 unspecified atom stereocenters. The van der Waals surface area contributed by atoms with Gasteiger partial charge in [-0.2, -0.15) is 0 Å². The van der Waals surface area contributed by atoms with E-state index in [4.69, 9.17) is 9.47 Å². The molecule has 0 saturated carbocycles. The molecule has 0 aliphatic rings. The van der Waals surface area contributed by atoms with Crippen molar-refractivity contribution in [2.75, 3.05) is 0 Å². The zero-order chi connectivity index (χ0) is 30.6. The molecule has 3 aromatic rings. The average Bonchev–Trinajstić information content (AvgIpc) is 2.99. The van der Waals surface area contributed by atoms with Crippen molar-refractivity contribution >= 4 is 17.9 Å². The molecule has 3 rings (SSSR count). The van der Waals surface area contributed by atoms with E-state index in [1.807, 2.05) is 26.0 Å². The Hall–Kier alpha value is -3.93. The van der Waals surface area contributed by atoms with Gasteiger partial charge in [-0.1, -0.05) is 76.8 Å². The van der Waals surface area contributed by atoms with Crippen LogP contribution in [0.15, 0.2) is 66.7 Å². The molecule has 6 heteroatoms. The highest BCUT2D eigenvalue weighted by Crippen LogP contribution is 2.34. The van der Waals surface area contributed by atoms with Crippen LogP contribution in [-0.4, -0.2) is 35.2 Å². The van der Waals surface area contributed by atoms with Crippen LogP contribution in [0.3, 0.4) is 0 Å². The molecule has 1 N–H and O–H groups in total. The van der Waals surface area contributed by atoms with Crippen molar-refractivity contribution in [1.29, 1.82) is 0 Å². The van der Waals surface area contributed by atoms with E-state index in [1.54, 1.807) is 54.6 Å². The molecule has 0 fully saturated rings. The Labute approximate surface area is 250 Å². The standard InChI is InChI=1S/C36H44O6/c1-6-9-10-11-24(4)41-35(39)29-16-12-27(13-17-29)32-21-20-31(34(37)38)23-33(32)28-14-18-30(19-15-28)36(40)42-25(5)22-26(7-2)8-3/h12-21,23-26H,6-11,22H2,1-5H3,(H,37,38)/t24-,25-/m1/s1. The summed E-state index contributed by atoms with van der Waals surface area (Å²) in [5.74, 6) is -1.24. The maximum Gasteiger partial charge on any atom is 0.338 e. The lowest BCUT2D eigenvalue weighted by molar-refractivity contribution is 0.0282. The van der Waals surface area contributed by atoms with Gasteiger partial charge in [-0.25, -0.2) is 14.4 Å². The molecule has 0 saturated heterocycles. The number of carboxylic acids is 1. The van der Waals surface area contributed by atoms with Crippen molar-refractivity contribution in [2.24, 2.45) is 5.92 Å². The van der Waals surface area contributed by atoms with Crippen molar-refractivity contribution in [2.45, 2.75) is 91.8 Å². The molecule has 224 valence electrons. The predicted molar refractivity (Wildman–Crippen MR) is 167 cm³/mol. The predicted octanol–water partition coefficient (Wildman–Crippen LogP) is 9.22. The van der Waals surface area contributed by atoms with Gasteiger partial charge in [0.1, 0.15) is 0 Å². The van der Waals surface area contributed by atoms with Gasteiger partial charge in [-0.15, -0.1) is 0 Å². The van der Waals surface area contributed by atoms with Crippen molar-refractivity contribution in [1.82, 2.24) is 0 Å². The molecule has 0 aromatic heterocycles. The smallest absolute Gasteiger partial charge is 0.338 e. The van der Waals surface area contributed by atoms with E-state index in [1.165, 1.54) is 0 Å². The van der Waals surface area contributed by atoms with Crippen LogP contribution >= 0.6 is 0 Å². The van der Waals surface area contributed by atoms with Crippen LogP contribution < -0.4 is 0 Å². The average molecular weight is 573 g/mol.